The molecule has 6 nitrogen and oxygen atoms in total. The maximum Gasteiger partial charge on any atom is 0.290 e. The summed E-state index contributed by atoms with van der Waals surface area (Å²) in [5.41, 5.74) is 1.45. The van der Waals surface area contributed by atoms with Gasteiger partial charge in [-0.05, 0) is 55.7 Å². The van der Waals surface area contributed by atoms with E-state index in [1.54, 1.807) is 12.0 Å². The van der Waals surface area contributed by atoms with Crippen molar-refractivity contribution in [1.82, 2.24) is 4.90 Å². The van der Waals surface area contributed by atoms with Crippen molar-refractivity contribution in [3.8, 4) is 5.75 Å². The summed E-state index contributed by atoms with van der Waals surface area (Å²) >= 11 is 0. The van der Waals surface area contributed by atoms with Crippen LogP contribution in [0.2, 0.25) is 0 Å². The van der Waals surface area contributed by atoms with Crippen molar-refractivity contribution < 1.29 is 23.8 Å². The number of rotatable bonds is 4. The van der Waals surface area contributed by atoms with E-state index in [2.05, 4.69) is 6.92 Å². The van der Waals surface area contributed by atoms with Crippen LogP contribution in [0, 0.1) is 11.8 Å². The number of fused-ring (bicyclic) bond motifs is 1. The highest BCUT2D eigenvalue weighted by Gasteiger charge is 2.52. The molecule has 5 unspecified atom stereocenters. The van der Waals surface area contributed by atoms with E-state index in [4.69, 9.17) is 14.2 Å². The van der Waals surface area contributed by atoms with Gasteiger partial charge in [0.25, 0.3) is 5.91 Å². The van der Waals surface area contributed by atoms with Gasteiger partial charge in [-0.25, -0.2) is 0 Å². The first-order valence-electron chi connectivity index (χ1n) is 11.1. The van der Waals surface area contributed by atoms with Gasteiger partial charge in [0.2, 0.25) is 0 Å². The molecule has 1 saturated heterocycles. The minimum Gasteiger partial charge on any atom is -0.497 e. The molecule has 0 spiro atoms. The van der Waals surface area contributed by atoms with Crippen LogP contribution in [0.15, 0.2) is 35.6 Å². The standard InChI is InChI=1S/C24H29NO5/c1-14-5-10-19-18(12-14)22(26)20-21(15-6-8-16(28-2)9-7-15)25(24(27)23(20)30-19)13-17-4-3-11-29-17/h6-9,14,17-19,21H,3-5,10-13H2,1-2H3. The molecule has 30 heavy (non-hydrogen) atoms. The average molecular weight is 411 g/mol. The number of Topliss-reactive ketones (excluding diaryl/α,β-unsaturated/α-hetero) is 1. The number of amides is 1. The summed E-state index contributed by atoms with van der Waals surface area (Å²) in [4.78, 5) is 28.9. The molecule has 2 fully saturated rings. The van der Waals surface area contributed by atoms with E-state index in [0.29, 0.717) is 18.0 Å². The Bertz CT molecular complexity index is 870. The van der Waals surface area contributed by atoms with Crippen LogP contribution in [-0.4, -0.2) is 49.1 Å². The molecule has 0 radical (unpaired) electrons. The lowest BCUT2D eigenvalue weighted by Crippen LogP contribution is -2.41. The molecule has 5 rings (SSSR count). The van der Waals surface area contributed by atoms with Crippen LogP contribution < -0.4 is 4.74 Å². The highest BCUT2D eigenvalue weighted by Crippen LogP contribution is 2.47. The number of methoxy groups -OCH3 is 1. The second-order valence-corrected chi connectivity index (χ2v) is 9.06. The second-order valence-electron chi connectivity index (χ2n) is 9.06. The van der Waals surface area contributed by atoms with E-state index in [0.717, 1.165) is 50.0 Å². The molecule has 5 atom stereocenters. The van der Waals surface area contributed by atoms with Crippen LogP contribution in [0.5, 0.6) is 5.75 Å². The number of hydrogen-bond acceptors (Lipinski definition) is 5. The highest BCUT2D eigenvalue weighted by atomic mass is 16.5. The minimum atomic E-state index is -0.423. The largest absolute Gasteiger partial charge is 0.497 e. The molecular formula is C24H29NO5. The first-order chi connectivity index (χ1) is 14.6. The first kappa shape index (κ1) is 19.6. The Morgan fingerprint density at radius 1 is 1.13 bits per heavy atom. The fraction of sp³-hybridized carbons (Fsp3) is 0.583. The fourth-order valence-electron chi connectivity index (χ4n) is 5.45. The zero-order valence-corrected chi connectivity index (χ0v) is 17.6. The lowest BCUT2D eigenvalue weighted by Gasteiger charge is -2.37. The van der Waals surface area contributed by atoms with E-state index in [-0.39, 0.29) is 35.6 Å². The molecule has 1 aromatic rings. The third-order valence-corrected chi connectivity index (χ3v) is 7.06. The third kappa shape index (κ3) is 3.22. The molecule has 0 aromatic heterocycles. The summed E-state index contributed by atoms with van der Waals surface area (Å²) in [6.45, 7) is 3.40. The summed E-state index contributed by atoms with van der Waals surface area (Å²) in [7, 11) is 1.63. The number of ketones is 1. The molecule has 0 bridgehead atoms. The Morgan fingerprint density at radius 2 is 1.93 bits per heavy atom. The van der Waals surface area contributed by atoms with E-state index in [1.807, 2.05) is 24.3 Å². The Labute approximate surface area is 177 Å². The predicted octanol–water partition coefficient (Wildman–Crippen LogP) is 3.42. The van der Waals surface area contributed by atoms with Gasteiger partial charge in [-0.3, -0.25) is 9.59 Å². The summed E-state index contributed by atoms with van der Waals surface area (Å²) in [5.74, 6) is 1.29. The summed E-state index contributed by atoms with van der Waals surface area (Å²) in [6, 6.07) is 7.22. The number of benzene rings is 1. The molecule has 1 aliphatic carbocycles. The van der Waals surface area contributed by atoms with Crippen molar-refractivity contribution in [2.75, 3.05) is 20.3 Å². The number of carbonyl (C=O) groups is 2. The maximum absolute atomic E-state index is 13.6. The van der Waals surface area contributed by atoms with Crippen LogP contribution in [0.4, 0.5) is 0 Å². The molecule has 160 valence electrons. The maximum atomic E-state index is 13.6. The average Bonchev–Trinajstić information content (AvgIpc) is 3.37. The van der Waals surface area contributed by atoms with Gasteiger partial charge in [0, 0.05) is 13.2 Å². The quantitative estimate of drug-likeness (QED) is 0.760. The summed E-state index contributed by atoms with van der Waals surface area (Å²) in [6.07, 6.45) is 4.47. The van der Waals surface area contributed by atoms with Gasteiger partial charge >= 0.3 is 0 Å². The molecule has 4 aliphatic rings. The fourth-order valence-corrected chi connectivity index (χ4v) is 5.45. The second kappa shape index (κ2) is 7.73. The highest BCUT2D eigenvalue weighted by molar-refractivity contribution is 6.11. The van der Waals surface area contributed by atoms with Crippen LogP contribution in [-0.2, 0) is 19.1 Å². The molecular weight excluding hydrogens is 382 g/mol. The van der Waals surface area contributed by atoms with Gasteiger partial charge in [-0.2, -0.15) is 0 Å². The normalized spacial score (nSPS) is 33.4. The van der Waals surface area contributed by atoms with E-state index >= 15 is 0 Å². The van der Waals surface area contributed by atoms with Crippen molar-refractivity contribution in [3.05, 3.63) is 41.2 Å². The van der Waals surface area contributed by atoms with Gasteiger partial charge in [-0.15, -0.1) is 0 Å². The van der Waals surface area contributed by atoms with Gasteiger partial charge in [0.15, 0.2) is 11.5 Å². The van der Waals surface area contributed by atoms with Crippen molar-refractivity contribution in [2.45, 2.75) is 57.3 Å². The van der Waals surface area contributed by atoms with Crippen molar-refractivity contribution in [2.24, 2.45) is 11.8 Å². The third-order valence-electron chi connectivity index (χ3n) is 7.06. The van der Waals surface area contributed by atoms with Gasteiger partial charge in [0.05, 0.1) is 30.7 Å². The number of ether oxygens (including phenoxy) is 3. The Kier molecular flexibility index (Phi) is 5.05. The molecule has 1 amide bonds. The lowest BCUT2D eigenvalue weighted by molar-refractivity contribution is -0.136. The summed E-state index contributed by atoms with van der Waals surface area (Å²) < 4.78 is 17.3. The van der Waals surface area contributed by atoms with Crippen molar-refractivity contribution >= 4 is 11.7 Å². The molecule has 1 aromatic carbocycles. The lowest BCUT2D eigenvalue weighted by atomic mass is 9.74. The minimum absolute atomic E-state index is 0.00783. The molecule has 0 N–H and O–H groups in total. The van der Waals surface area contributed by atoms with E-state index < -0.39 is 6.04 Å². The molecule has 1 saturated carbocycles. The zero-order chi connectivity index (χ0) is 20.8. The van der Waals surface area contributed by atoms with Crippen molar-refractivity contribution in [3.63, 3.8) is 0 Å². The SMILES string of the molecule is COc1ccc(C2C3=C(OC4CCC(C)CC4C3=O)C(=O)N2CC2CCCO2)cc1. The van der Waals surface area contributed by atoms with Crippen LogP contribution in [0.3, 0.4) is 0 Å². The van der Waals surface area contributed by atoms with Crippen LogP contribution in [0.1, 0.15) is 50.6 Å². The number of carbonyl (C=O) groups excluding carboxylic acids is 2. The number of hydrogen-bond donors (Lipinski definition) is 0. The van der Waals surface area contributed by atoms with Crippen LogP contribution >= 0.6 is 0 Å². The zero-order valence-electron chi connectivity index (χ0n) is 17.6. The smallest absolute Gasteiger partial charge is 0.290 e. The molecule has 3 aliphatic heterocycles. The number of nitrogens with zero attached hydrogens (tertiary/aromatic N) is 1. The summed E-state index contributed by atoms with van der Waals surface area (Å²) in [5, 5.41) is 0. The van der Waals surface area contributed by atoms with Gasteiger partial charge < -0.3 is 19.1 Å². The first-order valence-corrected chi connectivity index (χ1v) is 11.1. The Morgan fingerprint density at radius 3 is 2.63 bits per heavy atom. The topological polar surface area (TPSA) is 65.1 Å². The van der Waals surface area contributed by atoms with Crippen LogP contribution in [0.25, 0.3) is 0 Å². The van der Waals surface area contributed by atoms with E-state index in [9.17, 15) is 9.59 Å². The Hall–Kier alpha value is -2.34. The monoisotopic (exact) mass is 411 g/mol. The Balaban J connectivity index is 1.53. The van der Waals surface area contributed by atoms with Crippen molar-refractivity contribution in [1.29, 1.82) is 0 Å². The van der Waals surface area contributed by atoms with Gasteiger partial charge in [0.1, 0.15) is 11.9 Å². The molecule has 3 heterocycles. The van der Waals surface area contributed by atoms with E-state index in [1.165, 1.54) is 0 Å². The molecule has 6 heteroatoms. The van der Waals surface area contributed by atoms with Gasteiger partial charge in [-0.1, -0.05) is 19.1 Å². The predicted molar refractivity (Wildman–Crippen MR) is 110 cm³/mol.